The third-order valence-electron chi connectivity index (χ3n) is 1.76. The minimum atomic E-state index is -0.434. The highest BCUT2D eigenvalue weighted by molar-refractivity contribution is 6.18. The highest BCUT2D eigenvalue weighted by atomic mass is 35.5. The molecule has 0 aromatic heterocycles. The lowest BCUT2D eigenvalue weighted by Gasteiger charge is -2.06. The van der Waals surface area contributed by atoms with E-state index in [-0.39, 0.29) is 19.1 Å². The summed E-state index contributed by atoms with van der Waals surface area (Å²) in [5.74, 6) is 1.17. The lowest BCUT2D eigenvalue weighted by atomic mass is 10.3. The van der Waals surface area contributed by atoms with Crippen LogP contribution in [0.2, 0.25) is 0 Å². The van der Waals surface area contributed by atoms with Crippen molar-refractivity contribution in [2.24, 2.45) is 0 Å². The number of rotatable bonds is 6. The maximum atomic E-state index is 11.1. The molecule has 16 heavy (non-hydrogen) atoms. The topological polar surface area (TPSA) is 44.8 Å². The van der Waals surface area contributed by atoms with Crippen molar-refractivity contribution in [1.29, 1.82) is 0 Å². The number of alkyl halides is 1. The van der Waals surface area contributed by atoms with Gasteiger partial charge in [0.2, 0.25) is 0 Å². The Hall–Kier alpha value is -1.42. The molecule has 0 atom stereocenters. The van der Waals surface area contributed by atoms with Gasteiger partial charge in [-0.2, -0.15) is 0 Å². The maximum absolute atomic E-state index is 11.1. The summed E-state index contributed by atoms with van der Waals surface area (Å²) in [4.78, 5) is 11.1. The van der Waals surface area contributed by atoms with Crippen molar-refractivity contribution in [3.8, 4) is 11.5 Å². The lowest BCUT2D eigenvalue weighted by Crippen LogP contribution is -2.15. The molecule has 0 aliphatic rings. The van der Waals surface area contributed by atoms with Gasteiger partial charge in [0, 0.05) is 0 Å². The first kappa shape index (κ1) is 12.6. The largest absolute Gasteiger partial charge is 0.497 e. The molecule has 0 saturated heterocycles. The van der Waals surface area contributed by atoms with Gasteiger partial charge in [0.25, 0.3) is 0 Å². The SMILES string of the molecule is COc1ccc(OCC(=O)OCCCl)cc1. The average molecular weight is 245 g/mol. The van der Waals surface area contributed by atoms with E-state index in [2.05, 4.69) is 0 Å². The van der Waals surface area contributed by atoms with E-state index in [1.54, 1.807) is 31.4 Å². The Morgan fingerprint density at radius 3 is 2.44 bits per heavy atom. The summed E-state index contributed by atoms with van der Waals surface area (Å²) >= 11 is 5.36. The van der Waals surface area contributed by atoms with Gasteiger partial charge in [-0.1, -0.05) is 0 Å². The fraction of sp³-hybridized carbons (Fsp3) is 0.364. The Labute approximate surface area is 99.1 Å². The second-order valence-electron chi connectivity index (χ2n) is 2.87. The molecule has 0 unspecified atom stereocenters. The summed E-state index contributed by atoms with van der Waals surface area (Å²) in [5.41, 5.74) is 0. The smallest absolute Gasteiger partial charge is 0.344 e. The molecular formula is C11H13ClO4. The minimum Gasteiger partial charge on any atom is -0.497 e. The summed E-state index contributed by atoms with van der Waals surface area (Å²) in [5, 5.41) is 0. The van der Waals surface area contributed by atoms with E-state index < -0.39 is 5.97 Å². The van der Waals surface area contributed by atoms with Crippen molar-refractivity contribution in [2.75, 3.05) is 26.2 Å². The van der Waals surface area contributed by atoms with E-state index in [9.17, 15) is 4.79 Å². The van der Waals surface area contributed by atoms with Crippen LogP contribution in [-0.2, 0) is 9.53 Å². The van der Waals surface area contributed by atoms with Crippen LogP contribution in [0.15, 0.2) is 24.3 Å². The van der Waals surface area contributed by atoms with Crippen LogP contribution < -0.4 is 9.47 Å². The van der Waals surface area contributed by atoms with Gasteiger partial charge in [0.1, 0.15) is 18.1 Å². The highest BCUT2D eigenvalue weighted by Crippen LogP contribution is 2.16. The molecular weight excluding hydrogens is 232 g/mol. The number of esters is 1. The van der Waals surface area contributed by atoms with E-state index in [1.807, 2.05) is 0 Å². The third-order valence-corrected chi connectivity index (χ3v) is 1.91. The number of carbonyl (C=O) groups is 1. The Bertz CT molecular complexity index is 323. The molecule has 1 aromatic carbocycles. The Balaban J connectivity index is 2.33. The lowest BCUT2D eigenvalue weighted by molar-refractivity contribution is -0.145. The van der Waals surface area contributed by atoms with Crippen molar-refractivity contribution in [3.63, 3.8) is 0 Å². The third kappa shape index (κ3) is 4.40. The van der Waals surface area contributed by atoms with Crippen molar-refractivity contribution < 1.29 is 19.0 Å². The number of methoxy groups -OCH3 is 1. The second kappa shape index (κ2) is 6.95. The first-order valence-electron chi connectivity index (χ1n) is 4.74. The summed E-state index contributed by atoms with van der Waals surface area (Å²) in [6.45, 7) is 0.0789. The number of hydrogen-bond donors (Lipinski definition) is 0. The zero-order valence-corrected chi connectivity index (χ0v) is 9.70. The second-order valence-corrected chi connectivity index (χ2v) is 3.25. The molecule has 0 heterocycles. The van der Waals surface area contributed by atoms with Crippen molar-refractivity contribution >= 4 is 17.6 Å². The van der Waals surface area contributed by atoms with Crippen LogP contribution >= 0.6 is 11.6 Å². The van der Waals surface area contributed by atoms with Crippen LogP contribution in [0.3, 0.4) is 0 Å². The Kier molecular flexibility index (Phi) is 5.50. The molecule has 0 spiro atoms. The van der Waals surface area contributed by atoms with E-state index in [0.29, 0.717) is 5.75 Å². The minimum absolute atomic E-state index is 0.122. The molecule has 0 saturated carbocycles. The van der Waals surface area contributed by atoms with Crippen LogP contribution in [0.5, 0.6) is 11.5 Å². The van der Waals surface area contributed by atoms with Gasteiger partial charge < -0.3 is 14.2 Å². The summed E-state index contributed by atoms with van der Waals surface area (Å²) in [7, 11) is 1.58. The maximum Gasteiger partial charge on any atom is 0.344 e. The molecule has 0 amide bonds. The number of halogens is 1. The first-order valence-corrected chi connectivity index (χ1v) is 5.28. The van der Waals surface area contributed by atoms with Crippen molar-refractivity contribution in [1.82, 2.24) is 0 Å². The highest BCUT2D eigenvalue weighted by Gasteiger charge is 2.03. The zero-order chi connectivity index (χ0) is 11.8. The summed E-state index contributed by atoms with van der Waals surface area (Å²) < 4.78 is 14.9. The number of carbonyl (C=O) groups excluding carboxylic acids is 1. The molecule has 0 aliphatic heterocycles. The van der Waals surface area contributed by atoms with Gasteiger partial charge in [0.05, 0.1) is 13.0 Å². The number of hydrogen-bond acceptors (Lipinski definition) is 4. The zero-order valence-electron chi connectivity index (χ0n) is 8.94. The molecule has 0 aliphatic carbocycles. The molecule has 88 valence electrons. The van der Waals surface area contributed by atoms with Gasteiger partial charge in [-0.25, -0.2) is 4.79 Å². The summed E-state index contributed by atoms with van der Waals surface area (Å²) in [6, 6.07) is 6.93. The van der Waals surface area contributed by atoms with Crippen LogP contribution in [0.1, 0.15) is 0 Å². The molecule has 0 N–H and O–H groups in total. The standard InChI is InChI=1S/C11H13ClO4/c1-14-9-2-4-10(5-3-9)16-8-11(13)15-7-6-12/h2-5H,6-8H2,1H3. The molecule has 0 bridgehead atoms. The molecule has 0 radical (unpaired) electrons. The van der Waals surface area contributed by atoms with Crippen LogP contribution in [-0.4, -0.2) is 32.2 Å². The van der Waals surface area contributed by atoms with Crippen LogP contribution in [0.25, 0.3) is 0 Å². The molecule has 5 heteroatoms. The van der Waals surface area contributed by atoms with Crippen molar-refractivity contribution in [3.05, 3.63) is 24.3 Å². The van der Waals surface area contributed by atoms with Gasteiger partial charge in [0.15, 0.2) is 6.61 Å². The van der Waals surface area contributed by atoms with Crippen LogP contribution in [0, 0.1) is 0 Å². The van der Waals surface area contributed by atoms with Gasteiger partial charge in [-0.3, -0.25) is 0 Å². The fourth-order valence-corrected chi connectivity index (χ4v) is 1.09. The van der Waals surface area contributed by atoms with Gasteiger partial charge in [-0.15, -0.1) is 11.6 Å². The number of ether oxygens (including phenoxy) is 3. The Morgan fingerprint density at radius 2 is 1.88 bits per heavy atom. The molecule has 1 aromatic rings. The number of benzene rings is 1. The molecule has 4 nitrogen and oxygen atoms in total. The summed E-state index contributed by atoms with van der Waals surface area (Å²) in [6.07, 6.45) is 0. The molecule has 0 fully saturated rings. The monoisotopic (exact) mass is 244 g/mol. The van der Waals surface area contributed by atoms with E-state index in [0.717, 1.165) is 5.75 Å². The van der Waals surface area contributed by atoms with Crippen LogP contribution in [0.4, 0.5) is 0 Å². The normalized spacial score (nSPS) is 9.62. The quantitative estimate of drug-likeness (QED) is 0.566. The van der Waals surface area contributed by atoms with Gasteiger partial charge in [-0.05, 0) is 24.3 Å². The predicted molar refractivity (Wildman–Crippen MR) is 60.2 cm³/mol. The molecule has 1 rings (SSSR count). The predicted octanol–water partition coefficient (Wildman–Crippen LogP) is 1.86. The Morgan fingerprint density at radius 1 is 1.25 bits per heavy atom. The first-order chi connectivity index (χ1) is 7.76. The van der Waals surface area contributed by atoms with Crippen molar-refractivity contribution in [2.45, 2.75) is 0 Å². The average Bonchev–Trinajstić information content (AvgIpc) is 2.34. The van der Waals surface area contributed by atoms with E-state index in [1.165, 1.54) is 0 Å². The fourth-order valence-electron chi connectivity index (χ4n) is 1.01. The van der Waals surface area contributed by atoms with Gasteiger partial charge >= 0.3 is 5.97 Å². The van der Waals surface area contributed by atoms with E-state index in [4.69, 9.17) is 25.8 Å². The van der Waals surface area contributed by atoms with E-state index >= 15 is 0 Å².